The monoisotopic (exact) mass is 434 g/mol. The van der Waals surface area contributed by atoms with Crippen LogP contribution in [0.25, 0.3) is 6.08 Å². The second-order valence-electron chi connectivity index (χ2n) is 7.17. The zero-order valence-corrected chi connectivity index (χ0v) is 18.4. The molecule has 7 heteroatoms. The molecule has 0 fully saturated rings. The van der Waals surface area contributed by atoms with Crippen molar-refractivity contribution in [2.24, 2.45) is 0 Å². The second-order valence-corrected chi connectivity index (χ2v) is 7.17. The topological polar surface area (TPSA) is 90.7 Å². The van der Waals surface area contributed by atoms with Crippen LogP contribution in [0, 0.1) is 13.8 Å². The highest BCUT2D eigenvalue weighted by atomic mass is 16.5. The summed E-state index contributed by atoms with van der Waals surface area (Å²) in [6.07, 6.45) is 3.28. The lowest BCUT2D eigenvalue weighted by Gasteiger charge is -2.08. The Bertz CT molecular complexity index is 1060. The number of carbonyl (C=O) groups excluding carboxylic acids is 2. The maximum Gasteiger partial charge on any atom is 0.330 e. The maximum atomic E-state index is 12.4. The second kappa shape index (κ2) is 10.9. The number of hydrogen-bond donors (Lipinski definition) is 1. The summed E-state index contributed by atoms with van der Waals surface area (Å²) in [5.41, 5.74) is 4.15. The van der Waals surface area contributed by atoms with Gasteiger partial charge in [-0.05, 0) is 62.2 Å². The molecule has 0 saturated heterocycles. The molecule has 0 radical (unpaired) electrons. The van der Waals surface area contributed by atoms with Gasteiger partial charge in [-0.3, -0.25) is 4.79 Å². The smallest absolute Gasteiger partial charge is 0.330 e. The van der Waals surface area contributed by atoms with Gasteiger partial charge >= 0.3 is 5.97 Å². The molecule has 0 unspecified atom stereocenters. The average molecular weight is 434 g/mol. The predicted molar refractivity (Wildman–Crippen MR) is 121 cm³/mol. The third-order valence-corrected chi connectivity index (χ3v) is 4.75. The third-order valence-electron chi connectivity index (χ3n) is 4.75. The lowest BCUT2D eigenvalue weighted by Crippen LogP contribution is -2.14. The zero-order valence-electron chi connectivity index (χ0n) is 18.4. The van der Waals surface area contributed by atoms with Gasteiger partial charge in [-0.25, -0.2) is 4.79 Å². The Morgan fingerprint density at radius 2 is 1.78 bits per heavy atom. The van der Waals surface area contributed by atoms with E-state index < -0.39 is 0 Å². The van der Waals surface area contributed by atoms with E-state index in [0.29, 0.717) is 24.7 Å². The van der Waals surface area contributed by atoms with Gasteiger partial charge in [0.25, 0.3) is 0 Å². The maximum absolute atomic E-state index is 12.4. The van der Waals surface area contributed by atoms with E-state index in [4.69, 9.17) is 14.0 Å². The molecule has 0 atom stereocenters. The molecule has 7 nitrogen and oxygen atoms in total. The van der Waals surface area contributed by atoms with Crippen LogP contribution in [0.15, 0.2) is 59.1 Å². The summed E-state index contributed by atoms with van der Waals surface area (Å²) in [5, 5.41) is 6.79. The van der Waals surface area contributed by atoms with Crippen LogP contribution < -0.4 is 10.1 Å². The zero-order chi connectivity index (χ0) is 22.9. The molecule has 0 aliphatic carbocycles. The van der Waals surface area contributed by atoms with E-state index in [-0.39, 0.29) is 18.3 Å². The van der Waals surface area contributed by atoms with Crippen LogP contribution in [0.3, 0.4) is 0 Å². The first-order valence-corrected chi connectivity index (χ1v) is 10.3. The summed E-state index contributed by atoms with van der Waals surface area (Å²) in [4.78, 5) is 23.7. The van der Waals surface area contributed by atoms with Crippen molar-refractivity contribution in [3.05, 3.63) is 82.8 Å². The van der Waals surface area contributed by atoms with Gasteiger partial charge in [-0.15, -0.1) is 0 Å². The highest BCUT2D eigenvalue weighted by Gasteiger charge is 2.10. The third kappa shape index (κ3) is 6.57. The number of nitrogens with zero attached hydrogens (tertiary/aromatic N) is 1. The summed E-state index contributed by atoms with van der Waals surface area (Å²) >= 11 is 0. The Labute approximate surface area is 187 Å². The molecule has 0 bridgehead atoms. The van der Waals surface area contributed by atoms with Crippen molar-refractivity contribution in [1.29, 1.82) is 0 Å². The highest BCUT2D eigenvalue weighted by Crippen LogP contribution is 2.18. The number of anilines is 1. The Kier molecular flexibility index (Phi) is 7.80. The number of hydrogen-bond acceptors (Lipinski definition) is 6. The number of benzene rings is 2. The van der Waals surface area contributed by atoms with Crippen molar-refractivity contribution < 1.29 is 23.6 Å². The molecule has 3 aromatic rings. The average Bonchev–Trinajstić information content (AvgIpc) is 3.10. The molecule has 3 rings (SSSR count). The van der Waals surface area contributed by atoms with Crippen molar-refractivity contribution >= 4 is 23.6 Å². The molecule has 166 valence electrons. The van der Waals surface area contributed by atoms with E-state index >= 15 is 0 Å². The molecule has 1 amide bonds. The van der Waals surface area contributed by atoms with Gasteiger partial charge < -0.3 is 19.3 Å². The van der Waals surface area contributed by atoms with Crippen LogP contribution in [-0.2, 0) is 27.4 Å². The minimum atomic E-state index is -0.384. The number of aromatic nitrogens is 1. The largest absolute Gasteiger partial charge is 0.489 e. The Hall–Kier alpha value is -3.87. The van der Waals surface area contributed by atoms with E-state index in [9.17, 15) is 9.59 Å². The van der Waals surface area contributed by atoms with Gasteiger partial charge in [0.05, 0.1) is 24.3 Å². The van der Waals surface area contributed by atoms with Gasteiger partial charge in [0, 0.05) is 11.8 Å². The predicted octanol–water partition coefficient (Wildman–Crippen LogP) is 4.63. The van der Waals surface area contributed by atoms with Crippen LogP contribution in [0.1, 0.15) is 35.1 Å². The van der Waals surface area contributed by atoms with E-state index in [2.05, 4.69) is 10.5 Å². The minimum Gasteiger partial charge on any atom is -0.489 e. The van der Waals surface area contributed by atoms with E-state index in [0.717, 1.165) is 28.1 Å². The number of amides is 1. The first kappa shape index (κ1) is 22.8. The lowest BCUT2D eigenvalue weighted by atomic mass is 10.1. The molecule has 1 heterocycles. The van der Waals surface area contributed by atoms with Gasteiger partial charge in [0.1, 0.15) is 18.1 Å². The summed E-state index contributed by atoms with van der Waals surface area (Å²) in [6, 6.07) is 14.6. The molecule has 1 aromatic heterocycles. The summed E-state index contributed by atoms with van der Waals surface area (Å²) in [6.45, 7) is 6.21. The number of rotatable bonds is 9. The van der Waals surface area contributed by atoms with Crippen LogP contribution in [0.2, 0.25) is 0 Å². The lowest BCUT2D eigenvalue weighted by molar-refractivity contribution is -0.137. The fourth-order valence-electron chi connectivity index (χ4n) is 2.99. The van der Waals surface area contributed by atoms with Gasteiger partial charge in [0.15, 0.2) is 0 Å². The molecule has 32 heavy (non-hydrogen) atoms. The fourth-order valence-corrected chi connectivity index (χ4v) is 2.99. The van der Waals surface area contributed by atoms with Crippen molar-refractivity contribution in [3.63, 3.8) is 0 Å². The number of carbonyl (C=O) groups is 2. The van der Waals surface area contributed by atoms with E-state index in [1.54, 1.807) is 25.1 Å². The summed E-state index contributed by atoms with van der Waals surface area (Å²) < 4.78 is 15.8. The number of aryl methyl sites for hydroxylation is 2. The molecule has 0 aliphatic rings. The Morgan fingerprint density at radius 1 is 1.06 bits per heavy atom. The van der Waals surface area contributed by atoms with Gasteiger partial charge in [-0.2, -0.15) is 0 Å². The van der Waals surface area contributed by atoms with Crippen LogP contribution in [0.5, 0.6) is 5.75 Å². The Morgan fingerprint density at radius 3 is 2.41 bits per heavy atom. The van der Waals surface area contributed by atoms with Crippen LogP contribution in [0.4, 0.5) is 5.69 Å². The van der Waals surface area contributed by atoms with Gasteiger partial charge in [-0.1, -0.05) is 29.4 Å². The van der Waals surface area contributed by atoms with Crippen molar-refractivity contribution in [1.82, 2.24) is 5.16 Å². The van der Waals surface area contributed by atoms with Crippen LogP contribution >= 0.6 is 0 Å². The standard InChI is InChI=1S/C25H26N2O5/c1-4-30-25(29)14-9-19-5-10-21(11-6-19)26-24(28)15-20-7-12-22(13-8-20)31-16-23-17(2)27-32-18(23)3/h5-14H,4,15-16H2,1-3H3,(H,26,28)/b14-9+. The quantitative estimate of drug-likeness (QED) is 0.390. The molecule has 0 aliphatic heterocycles. The van der Waals surface area contributed by atoms with Crippen molar-refractivity contribution in [2.75, 3.05) is 11.9 Å². The highest BCUT2D eigenvalue weighted by molar-refractivity contribution is 5.92. The SMILES string of the molecule is CCOC(=O)/C=C/c1ccc(NC(=O)Cc2ccc(OCc3c(C)noc3C)cc2)cc1. The molecule has 1 N–H and O–H groups in total. The van der Waals surface area contributed by atoms with Gasteiger partial charge in [0.2, 0.25) is 5.91 Å². The van der Waals surface area contributed by atoms with Crippen LogP contribution in [-0.4, -0.2) is 23.6 Å². The van der Waals surface area contributed by atoms with Crippen molar-refractivity contribution in [3.8, 4) is 5.75 Å². The number of nitrogens with one attached hydrogen (secondary N) is 1. The minimum absolute atomic E-state index is 0.121. The summed E-state index contributed by atoms with van der Waals surface area (Å²) in [7, 11) is 0. The molecular weight excluding hydrogens is 408 g/mol. The normalized spacial score (nSPS) is 10.8. The molecule has 2 aromatic carbocycles. The molecule has 0 spiro atoms. The molecule has 0 saturated carbocycles. The first-order chi connectivity index (χ1) is 15.4. The van der Waals surface area contributed by atoms with E-state index in [1.807, 2.05) is 50.2 Å². The fraction of sp³-hybridized carbons (Fsp3) is 0.240. The summed E-state index contributed by atoms with van der Waals surface area (Å²) in [5.74, 6) is 0.952. The number of ether oxygens (including phenoxy) is 2. The first-order valence-electron chi connectivity index (χ1n) is 10.3. The Balaban J connectivity index is 1.49. The number of esters is 1. The molecular formula is C25H26N2O5. The van der Waals surface area contributed by atoms with Crippen molar-refractivity contribution in [2.45, 2.75) is 33.8 Å². The van der Waals surface area contributed by atoms with E-state index in [1.165, 1.54) is 6.08 Å².